The van der Waals surface area contributed by atoms with E-state index in [4.69, 9.17) is 18.3 Å². The Morgan fingerprint density at radius 1 is 1.54 bits per heavy atom. The summed E-state index contributed by atoms with van der Waals surface area (Å²) >= 11 is 0. The highest BCUT2D eigenvalue weighted by molar-refractivity contribution is 5.68. The first-order valence-electron chi connectivity index (χ1n) is 9.72. The number of nitrogens with zero attached hydrogens (tertiary/aromatic N) is 3. The van der Waals surface area contributed by atoms with Crippen LogP contribution in [-0.4, -0.2) is 52.2 Å². The van der Waals surface area contributed by atoms with Gasteiger partial charge in [-0.25, -0.2) is 4.79 Å². The van der Waals surface area contributed by atoms with Gasteiger partial charge in [0.05, 0.1) is 21.7 Å². The van der Waals surface area contributed by atoms with Crippen molar-refractivity contribution in [3.05, 3.63) is 22.0 Å². The van der Waals surface area contributed by atoms with Crippen LogP contribution in [0.3, 0.4) is 0 Å². The molecule has 1 fully saturated rings. The molecular formula is C16H26N4O6. The number of hydrogen-bond acceptors (Lipinski definition) is 7. The SMILES string of the molecule is [2H]C([2H])([2H])O[C@@H]1COC(c2c([N+](=O)[O-])cnn2C)CCC1NC(=O)OC(C)(C)C. The Morgan fingerprint density at radius 3 is 2.88 bits per heavy atom. The summed E-state index contributed by atoms with van der Waals surface area (Å²) in [6, 6.07) is -0.720. The van der Waals surface area contributed by atoms with E-state index in [1.165, 1.54) is 4.68 Å². The number of carbonyl (C=O) groups excluding carboxylic acids is 1. The Labute approximate surface area is 156 Å². The van der Waals surface area contributed by atoms with E-state index in [2.05, 4.69) is 10.4 Å². The third-order valence-electron chi connectivity index (χ3n) is 3.97. The molecule has 2 rings (SSSR count). The summed E-state index contributed by atoms with van der Waals surface area (Å²) in [5, 5.41) is 17.8. The molecule has 0 spiro atoms. The molecule has 3 atom stereocenters. The van der Waals surface area contributed by atoms with Gasteiger partial charge in [0.15, 0.2) is 0 Å². The molecule has 0 aliphatic carbocycles. The zero-order chi connectivity index (χ0) is 22.0. The molecular weight excluding hydrogens is 344 g/mol. The highest BCUT2D eigenvalue weighted by Gasteiger charge is 2.35. The van der Waals surface area contributed by atoms with E-state index in [-0.39, 0.29) is 30.8 Å². The predicted octanol–water partition coefficient (Wildman–Crippen LogP) is 2.09. The van der Waals surface area contributed by atoms with Crippen LogP contribution in [0.15, 0.2) is 6.20 Å². The number of alkyl carbamates (subject to hydrolysis) is 1. The monoisotopic (exact) mass is 373 g/mol. The summed E-state index contributed by atoms with van der Waals surface area (Å²) in [5.41, 5.74) is -0.659. The zero-order valence-corrected chi connectivity index (χ0v) is 15.2. The number of ether oxygens (including phenoxy) is 3. The van der Waals surface area contributed by atoms with Crippen LogP contribution < -0.4 is 5.32 Å². The van der Waals surface area contributed by atoms with Gasteiger partial charge >= 0.3 is 11.8 Å². The largest absolute Gasteiger partial charge is 0.444 e. The van der Waals surface area contributed by atoms with Crippen molar-refractivity contribution >= 4 is 11.8 Å². The molecule has 1 aliphatic heterocycles. The van der Waals surface area contributed by atoms with Crippen LogP contribution >= 0.6 is 0 Å². The number of amides is 1. The number of nitrogens with one attached hydrogen (secondary N) is 1. The van der Waals surface area contributed by atoms with Gasteiger partial charge in [-0.3, -0.25) is 14.8 Å². The Hall–Kier alpha value is -2.20. The number of hydrogen-bond donors (Lipinski definition) is 1. The highest BCUT2D eigenvalue weighted by atomic mass is 16.6. The fourth-order valence-electron chi connectivity index (χ4n) is 2.83. The number of methoxy groups -OCH3 is 1. The normalized spacial score (nSPS) is 26.2. The summed E-state index contributed by atoms with van der Waals surface area (Å²) in [4.78, 5) is 22.9. The molecule has 10 nitrogen and oxygen atoms in total. The first-order valence-corrected chi connectivity index (χ1v) is 8.22. The summed E-state index contributed by atoms with van der Waals surface area (Å²) in [5.74, 6) is 0. The van der Waals surface area contributed by atoms with Crippen molar-refractivity contribution in [3.8, 4) is 0 Å². The first kappa shape index (κ1) is 16.0. The average Bonchev–Trinajstić information content (AvgIpc) is 2.82. The van der Waals surface area contributed by atoms with Crippen LogP contribution in [0.4, 0.5) is 10.5 Å². The van der Waals surface area contributed by atoms with Gasteiger partial charge in [-0.15, -0.1) is 0 Å². The highest BCUT2D eigenvalue weighted by Crippen LogP contribution is 2.33. The molecule has 1 saturated heterocycles. The van der Waals surface area contributed by atoms with Gasteiger partial charge in [0.2, 0.25) is 0 Å². The number of aryl methyl sites for hydroxylation is 1. The van der Waals surface area contributed by atoms with E-state index in [0.29, 0.717) is 0 Å². The van der Waals surface area contributed by atoms with E-state index in [0.717, 1.165) is 6.20 Å². The van der Waals surface area contributed by atoms with E-state index in [1.807, 2.05) is 0 Å². The van der Waals surface area contributed by atoms with E-state index in [1.54, 1.807) is 27.8 Å². The fourth-order valence-corrected chi connectivity index (χ4v) is 2.83. The third-order valence-corrected chi connectivity index (χ3v) is 3.97. The minimum Gasteiger partial charge on any atom is -0.444 e. The van der Waals surface area contributed by atoms with Gasteiger partial charge in [-0.05, 0) is 33.6 Å². The molecule has 146 valence electrons. The number of carbonyl (C=O) groups is 1. The number of aromatic nitrogens is 2. The summed E-state index contributed by atoms with van der Waals surface area (Å²) in [7, 11) is -1.15. The zero-order valence-electron chi connectivity index (χ0n) is 18.2. The lowest BCUT2D eigenvalue weighted by atomic mass is 10.0. The van der Waals surface area contributed by atoms with Gasteiger partial charge in [0.25, 0.3) is 0 Å². The maximum absolute atomic E-state index is 12.2. The van der Waals surface area contributed by atoms with Gasteiger partial charge in [0, 0.05) is 14.1 Å². The molecule has 1 N–H and O–H groups in total. The van der Waals surface area contributed by atoms with Crippen LogP contribution in [0.25, 0.3) is 0 Å². The second-order valence-corrected chi connectivity index (χ2v) is 7.10. The van der Waals surface area contributed by atoms with Crippen LogP contribution in [0.1, 0.15) is 49.5 Å². The molecule has 26 heavy (non-hydrogen) atoms. The molecule has 1 amide bonds. The Bertz CT molecular complexity index is 746. The van der Waals surface area contributed by atoms with Crippen molar-refractivity contribution in [2.75, 3.05) is 13.6 Å². The third kappa shape index (κ3) is 4.92. The smallest absolute Gasteiger partial charge is 0.407 e. The van der Waals surface area contributed by atoms with Gasteiger partial charge in [0.1, 0.15) is 29.7 Å². The Kier molecular flexibility index (Phi) is 4.93. The van der Waals surface area contributed by atoms with Crippen LogP contribution in [0, 0.1) is 10.1 Å². The first-order chi connectivity index (χ1) is 13.3. The quantitative estimate of drug-likeness (QED) is 0.634. The molecule has 0 saturated carbocycles. The molecule has 0 aromatic carbocycles. The van der Waals surface area contributed by atoms with Crippen molar-refractivity contribution in [1.82, 2.24) is 15.1 Å². The molecule has 0 bridgehead atoms. The molecule has 0 radical (unpaired) electrons. The summed E-state index contributed by atoms with van der Waals surface area (Å²) in [6.45, 7) is 4.93. The molecule has 1 aromatic rings. The minimum atomic E-state index is -2.71. The maximum atomic E-state index is 12.2. The molecule has 2 heterocycles. The van der Waals surface area contributed by atoms with Crippen molar-refractivity contribution in [2.24, 2.45) is 7.05 Å². The van der Waals surface area contributed by atoms with Gasteiger partial charge in [-0.1, -0.05) is 0 Å². The van der Waals surface area contributed by atoms with Crippen LogP contribution in [-0.2, 0) is 21.3 Å². The van der Waals surface area contributed by atoms with Gasteiger partial charge < -0.3 is 19.5 Å². The van der Waals surface area contributed by atoms with Crippen LogP contribution in [0.2, 0.25) is 0 Å². The van der Waals surface area contributed by atoms with Crippen LogP contribution in [0.5, 0.6) is 0 Å². The molecule has 1 aromatic heterocycles. The fraction of sp³-hybridized carbons (Fsp3) is 0.750. The summed E-state index contributed by atoms with van der Waals surface area (Å²) in [6.07, 6.45) is -0.750. The second-order valence-electron chi connectivity index (χ2n) is 7.10. The Morgan fingerprint density at radius 2 is 2.27 bits per heavy atom. The molecule has 2 unspecified atom stereocenters. The van der Waals surface area contributed by atoms with Gasteiger partial charge in [-0.2, -0.15) is 5.10 Å². The Balaban J connectivity index is 2.22. The van der Waals surface area contributed by atoms with E-state index >= 15 is 0 Å². The lowest BCUT2D eigenvalue weighted by Crippen LogP contribution is -2.46. The van der Waals surface area contributed by atoms with Crippen molar-refractivity contribution in [1.29, 1.82) is 0 Å². The minimum absolute atomic E-state index is 0.189. The topological polar surface area (TPSA) is 118 Å². The number of rotatable bonds is 4. The lowest BCUT2D eigenvalue weighted by Gasteiger charge is -2.26. The van der Waals surface area contributed by atoms with E-state index < -0.39 is 41.9 Å². The lowest BCUT2D eigenvalue weighted by molar-refractivity contribution is -0.386. The second kappa shape index (κ2) is 8.00. The van der Waals surface area contributed by atoms with Crippen molar-refractivity contribution in [3.63, 3.8) is 0 Å². The average molecular weight is 373 g/mol. The standard InChI is InChI=1S/C16H26N4O6/c1-16(2,3)26-15(21)18-10-6-7-12(25-9-13(10)24-5)14-11(20(22)23)8-17-19(14)4/h8,10,12-13H,6-7,9H2,1-5H3,(H,18,21)/t10?,12?,13-/m1/s1/i5D3. The number of nitro groups is 1. The maximum Gasteiger partial charge on any atom is 0.407 e. The summed E-state index contributed by atoms with van der Waals surface area (Å²) < 4.78 is 39.6. The molecule has 1 aliphatic rings. The van der Waals surface area contributed by atoms with Crippen molar-refractivity contribution < 1.29 is 28.0 Å². The van der Waals surface area contributed by atoms with E-state index in [9.17, 15) is 14.9 Å². The predicted molar refractivity (Wildman–Crippen MR) is 91.7 cm³/mol. The molecule has 10 heteroatoms. The van der Waals surface area contributed by atoms with Crippen molar-refractivity contribution in [2.45, 2.75) is 57.5 Å².